The first-order valence-corrected chi connectivity index (χ1v) is 13.1. The van der Waals surface area contributed by atoms with Crippen molar-refractivity contribution in [1.82, 2.24) is 5.32 Å². The van der Waals surface area contributed by atoms with Gasteiger partial charge in [0.2, 0.25) is 12.7 Å². The Labute approximate surface area is 214 Å². The monoisotopic (exact) mass is 510 g/mol. The van der Waals surface area contributed by atoms with E-state index in [9.17, 15) is 14.4 Å². The van der Waals surface area contributed by atoms with Crippen LogP contribution in [0.2, 0.25) is 0 Å². The summed E-state index contributed by atoms with van der Waals surface area (Å²) in [7, 11) is 0. The van der Waals surface area contributed by atoms with Crippen LogP contribution in [0.25, 0.3) is 0 Å². The van der Waals surface area contributed by atoms with Crippen molar-refractivity contribution in [2.45, 2.75) is 50.0 Å². The van der Waals surface area contributed by atoms with Gasteiger partial charge >= 0.3 is 5.97 Å². The smallest absolute Gasteiger partial charge is 0.340 e. The van der Waals surface area contributed by atoms with Crippen LogP contribution in [-0.2, 0) is 14.3 Å². The van der Waals surface area contributed by atoms with Gasteiger partial charge in [-0.15, -0.1) is 11.8 Å². The van der Waals surface area contributed by atoms with Gasteiger partial charge in [-0.05, 0) is 63.3 Å². The van der Waals surface area contributed by atoms with Crippen molar-refractivity contribution in [2.24, 2.45) is 0 Å². The third kappa shape index (κ3) is 7.04. The van der Waals surface area contributed by atoms with E-state index in [2.05, 4.69) is 16.7 Å². The molecule has 9 heteroatoms. The van der Waals surface area contributed by atoms with Crippen molar-refractivity contribution in [3.05, 3.63) is 59.7 Å². The number of carbonyl (C=O) groups excluding carboxylic acids is 3. The Balaban J connectivity index is 1.26. The summed E-state index contributed by atoms with van der Waals surface area (Å²) in [5.41, 5.74) is 2.28. The predicted molar refractivity (Wildman–Crippen MR) is 137 cm³/mol. The molecule has 2 amide bonds. The fraction of sp³-hybridized carbons (Fsp3) is 0.370. The SMILES string of the molecule is C[C@H](OC(=O)c1ccccc1SCC(=O)Nc1ccc2c(c1)OCO2)C(=O)NCCC1=CCCCC1. The second-order valence-electron chi connectivity index (χ2n) is 8.60. The number of anilines is 1. The molecule has 0 unspecified atom stereocenters. The summed E-state index contributed by atoms with van der Waals surface area (Å²) in [4.78, 5) is 38.3. The quantitative estimate of drug-likeness (QED) is 0.271. The van der Waals surface area contributed by atoms with Crippen molar-refractivity contribution in [1.29, 1.82) is 0 Å². The average molecular weight is 511 g/mol. The molecule has 8 nitrogen and oxygen atoms in total. The van der Waals surface area contributed by atoms with Crippen LogP contribution < -0.4 is 20.1 Å². The number of nitrogens with one attached hydrogen (secondary N) is 2. The van der Waals surface area contributed by atoms with Crippen LogP contribution in [0.15, 0.2) is 59.0 Å². The number of fused-ring (bicyclic) bond motifs is 1. The van der Waals surface area contributed by atoms with Crippen LogP contribution in [0.1, 0.15) is 49.4 Å². The standard InChI is InChI=1S/C27H30N2O6S/c1-18(26(31)28-14-13-19-7-3-2-4-8-19)35-27(32)21-9-5-6-10-24(21)36-16-25(30)29-20-11-12-22-23(15-20)34-17-33-22/h5-7,9-12,15,18H,2-4,8,13-14,16-17H2,1H3,(H,28,31)(H,29,30)/t18-/m0/s1. The molecule has 0 bridgehead atoms. The normalized spacial score (nSPS) is 15.0. The lowest BCUT2D eigenvalue weighted by Crippen LogP contribution is -2.36. The molecule has 2 aromatic carbocycles. The first-order chi connectivity index (χ1) is 17.5. The lowest BCUT2D eigenvalue weighted by atomic mass is 9.97. The molecule has 4 rings (SSSR count). The number of benzene rings is 2. The maximum absolute atomic E-state index is 12.8. The Bertz CT molecular complexity index is 1150. The largest absolute Gasteiger partial charge is 0.454 e. The highest BCUT2D eigenvalue weighted by Crippen LogP contribution is 2.34. The van der Waals surface area contributed by atoms with Crippen molar-refractivity contribution >= 4 is 35.2 Å². The Kier molecular flexibility index (Phi) is 8.89. The summed E-state index contributed by atoms with van der Waals surface area (Å²) in [5, 5.41) is 5.66. The fourth-order valence-electron chi connectivity index (χ4n) is 3.98. The van der Waals surface area contributed by atoms with Gasteiger partial charge in [-0.2, -0.15) is 0 Å². The van der Waals surface area contributed by atoms with Crippen molar-refractivity contribution in [3.63, 3.8) is 0 Å². The minimum atomic E-state index is -0.926. The highest BCUT2D eigenvalue weighted by atomic mass is 32.2. The maximum Gasteiger partial charge on any atom is 0.340 e. The second kappa shape index (κ2) is 12.5. The molecule has 0 saturated carbocycles. The zero-order valence-electron chi connectivity index (χ0n) is 20.2. The number of hydrogen-bond donors (Lipinski definition) is 2. The van der Waals surface area contributed by atoms with Crippen LogP contribution in [0, 0.1) is 0 Å². The summed E-state index contributed by atoms with van der Waals surface area (Å²) in [6.45, 7) is 2.24. The number of amides is 2. The molecule has 0 fully saturated rings. The molecule has 0 saturated heterocycles. The zero-order valence-corrected chi connectivity index (χ0v) is 21.0. The van der Waals surface area contributed by atoms with Gasteiger partial charge in [0.25, 0.3) is 5.91 Å². The molecule has 1 aliphatic heterocycles. The summed E-state index contributed by atoms with van der Waals surface area (Å²) >= 11 is 1.22. The summed E-state index contributed by atoms with van der Waals surface area (Å²) < 4.78 is 16.0. The molecule has 2 aromatic rings. The van der Waals surface area contributed by atoms with E-state index in [0.29, 0.717) is 34.2 Å². The van der Waals surface area contributed by atoms with Crippen molar-refractivity contribution in [3.8, 4) is 11.5 Å². The second-order valence-corrected chi connectivity index (χ2v) is 9.61. The highest BCUT2D eigenvalue weighted by molar-refractivity contribution is 8.00. The minimum Gasteiger partial charge on any atom is -0.454 e. The van der Waals surface area contributed by atoms with Gasteiger partial charge < -0.3 is 24.8 Å². The lowest BCUT2D eigenvalue weighted by molar-refractivity contribution is -0.129. The van der Waals surface area contributed by atoms with Crippen LogP contribution in [-0.4, -0.2) is 43.0 Å². The Morgan fingerprint density at radius 1 is 1.08 bits per heavy atom. The Hall–Kier alpha value is -3.46. The van der Waals surface area contributed by atoms with Crippen LogP contribution in [0.4, 0.5) is 5.69 Å². The molecule has 1 aliphatic carbocycles. The van der Waals surface area contributed by atoms with E-state index in [1.54, 1.807) is 49.4 Å². The highest BCUT2D eigenvalue weighted by Gasteiger charge is 2.21. The third-order valence-corrected chi connectivity index (χ3v) is 6.98. The number of allylic oxidation sites excluding steroid dienone is 1. The molecular weight excluding hydrogens is 480 g/mol. The van der Waals surface area contributed by atoms with Crippen LogP contribution in [0.5, 0.6) is 11.5 Å². The maximum atomic E-state index is 12.8. The number of hydrogen-bond acceptors (Lipinski definition) is 7. The summed E-state index contributed by atoms with van der Waals surface area (Å²) in [5.74, 6) is 0.143. The molecule has 2 aliphatic rings. The van der Waals surface area contributed by atoms with Gasteiger partial charge in [-0.25, -0.2) is 4.79 Å². The summed E-state index contributed by atoms with van der Waals surface area (Å²) in [6.07, 6.45) is 6.77. The van der Waals surface area contributed by atoms with E-state index in [1.807, 2.05) is 0 Å². The van der Waals surface area contributed by atoms with Gasteiger partial charge in [-0.3, -0.25) is 9.59 Å². The number of ether oxygens (including phenoxy) is 3. The van der Waals surface area contributed by atoms with Crippen LogP contribution >= 0.6 is 11.8 Å². The fourth-order valence-corrected chi connectivity index (χ4v) is 4.82. The number of rotatable bonds is 10. The number of carbonyl (C=O) groups is 3. The van der Waals surface area contributed by atoms with E-state index in [0.717, 1.165) is 19.3 Å². The molecule has 0 aromatic heterocycles. The molecule has 2 N–H and O–H groups in total. The first kappa shape index (κ1) is 25.6. The molecular formula is C27H30N2O6S. The van der Waals surface area contributed by atoms with E-state index < -0.39 is 12.1 Å². The van der Waals surface area contributed by atoms with Gasteiger partial charge in [0, 0.05) is 23.2 Å². The number of esters is 1. The summed E-state index contributed by atoms with van der Waals surface area (Å²) in [6, 6.07) is 12.1. The molecule has 36 heavy (non-hydrogen) atoms. The molecule has 1 heterocycles. The van der Waals surface area contributed by atoms with Crippen molar-refractivity contribution < 1.29 is 28.6 Å². The molecule has 0 radical (unpaired) electrons. The molecule has 190 valence electrons. The molecule has 0 spiro atoms. The van der Waals surface area contributed by atoms with Gasteiger partial charge in [-0.1, -0.05) is 23.8 Å². The average Bonchev–Trinajstić information content (AvgIpc) is 3.36. The zero-order chi connectivity index (χ0) is 25.3. The number of thioether (sulfide) groups is 1. The van der Waals surface area contributed by atoms with Crippen molar-refractivity contribution in [2.75, 3.05) is 24.4 Å². The third-order valence-electron chi connectivity index (χ3n) is 5.91. The van der Waals surface area contributed by atoms with E-state index in [1.165, 1.54) is 30.2 Å². The van der Waals surface area contributed by atoms with Gasteiger partial charge in [0.1, 0.15) is 0 Å². The van der Waals surface area contributed by atoms with E-state index >= 15 is 0 Å². The Morgan fingerprint density at radius 2 is 1.92 bits per heavy atom. The topological polar surface area (TPSA) is 103 Å². The Morgan fingerprint density at radius 3 is 2.75 bits per heavy atom. The molecule has 1 atom stereocenters. The van der Waals surface area contributed by atoms with Crippen LogP contribution in [0.3, 0.4) is 0 Å². The van der Waals surface area contributed by atoms with Gasteiger partial charge in [0.05, 0.1) is 11.3 Å². The first-order valence-electron chi connectivity index (χ1n) is 12.1. The minimum absolute atomic E-state index is 0.0879. The predicted octanol–water partition coefficient (Wildman–Crippen LogP) is 4.70. The van der Waals surface area contributed by atoms with E-state index in [-0.39, 0.29) is 24.4 Å². The lowest BCUT2D eigenvalue weighted by Gasteiger charge is -2.16. The van der Waals surface area contributed by atoms with E-state index in [4.69, 9.17) is 14.2 Å². The van der Waals surface area contributed by atoms with Gasteiger partial charge in [0.15, 0.2) is 17.6 Å².